The highest BCUT2D eigenvalue weighted by molar-refractivity contribution is 5.41. The van der Waals surface area contributed by atoms with E-state index in [2.05, 4.69) is 32.9 Å². The first-order chi connectivity index (χ1) is 9.54. The van der Waals surface area contributed by atoms with E-state index in [1.807, 2.05) is 30.3 Å². The molecule has 2 rings (SSSR count). The Hall–Kier alpha value is -1.64. The first-order valence-electron chi connectivity index (χ1n) is 7.05. The Morgan fingerprint density at radius 1 is 1.00 bits per heavy atom. The molecule has 0 aliphatic rings. The summed E-state index contributed by atoms with van der Waals surface area (Å²) in [7, 11) is 0. The maximum atomic E-state index is 10.8. The fraction of sp³-hybridized carbons (Fsp3) is 0.333. The van der Waals surface area contributed by atoms with E-state index in [-0.39, 0.29) is 5.92 Å². The van der Waals surface area contributed by atoms with E-state index < -0.39 is 6.10 Å². The van der Waals surface area contributed by atoms with Gasteiger partial charge in [0.05, 0.1) is 6.10 Å². The molecule has 2 heteroatoms. The highest BCUT2D eigenvalue weighted by Crippen LogP contribution is 2.34. The fourth-order valence-corrected chi connectivity index (χ4v) is 3.01. The van der Waals surface area contributed by atoms with Crippen molar-refractivity contribution >= 4 is 0 Å². The summed E-state index contributed by atoms with van der Waals surface area (Å²) in [6.45, 7) is 6.61. The number of aryl methyl sites for hydroxylation is 3. The zero-order valence-corrected chi connectivity index (χ0v) is 12.4. The second-order valence-electron chi connectivity index (χ2n) is 5.51. The van der Waals surface area contributed by atoms with Gasteiger partial charge in [0.25, 0.3) is 0 Å². The lowest BCUT2D eigenvalue weighted by molar-refractivity contribution is 0.146. The summed E-state index contributed by atoms with van der Waals surface area (Å²) >= 11 is 0. The van der Waals surface area contributed by atoms with Gasteiger partial charge in [-0.3, -0.25) is 0 Å². The van der Waals surface area contributed by atoms with Crippen molar-refractivity contribution in [3.05, 3.63) is 70.3 Å². The third kappa shape index (κ3) is 2.92. The lowest BCUT2D eigenvalue weighted by atomic mass is 9.85. The minimum Gasteiger partial charge on any atom is -0.388 e. The Kier molecular flexibility index (Phi) is 4.58. The molecule has 0 unspecified atom stereocenters. The average molecular weight is 269 g/mol. The zero-order valence-electron chi connectivity index (χ0n) is 12.4. The van der Waals surface area contributed by atoms with Crippen LogP contribution in [0.15, 0.2) is 42.5 Å². The first kappa shape index (κ1) is 14.8. The van der Waals surface area contributed by atoms with Crippen LogP contribution in [0.5, 0.6) is 0 Å². The van der Waals surface area contributed by atoms with Crippen LogP contribution < -0.4 is 5.73 Å². The Balaban J connectivity index is 2.42. The van der Waals surface area contributed by atoms with Gasteiger partial charge in [0.1, 0.15) is 0 Å². The van der Waals surface area contributed by atoms with Crippen LogP contribution in [-0.4, -0.2) is 11.7 Å². The van der Waals surface area contributed by atoms with Crippen molar-refractivity contribution in [3.8, 4) is 0 Å². The molecular formula is C18H23NO. The minimum absolute atomic E-state index is 0.0729. The van der Waals surface area contributed by atoms with Gasteiger partial charge in [-0.1, -0.05) is 48.0 Å². The van der Waals surface area contributed by atoms with Crippen LogP contribution in [0.1, 0.15) is 39.8 Å². The molecule has 0 saturated heterocycles. The van der Waals surface area contributed by atoms with Crippen LogP contribution in [0.2, 0.25) is 0 Å². The quantitative estimate of drug-likeness (QED) is 0.893. The van der Waals surface area contributed by atoms with Gasteiger partial charge in [-0.05, 0) is 43.0 Å². The molecule has 0 aromatic heterocycles. The monoisotopic (exact) mass is 269 g/mol. The van der Waals surface area contributed by atoms with Crippen LogP contribution >= 0.6 is 0 Å². The standard InChI is InChI=1S/C18H23NO/c1-12-9-13(2)17(14(3)10-12)18(20)16(11-19)15-7-5-4-6-8-15/h4-10,16,18,20H,11,19H2,1-3H3/t16-,18-/m1/s1. The molecule has 0 aliphatic heterocycles. The molecule has 2 aromatic rings. The molecule has 0 aliphatic carbocycles. The van der Waals surface area contributed by atoms with Gasteiger partial charge in [0.15, 0.2) is 0 Å². The Labute approximate surface area is 121 Å². The van der Waals surface area contributed by atoms with E-state index in [4.69, 9.17) is 5.73 Å². The molecule has 0 fully saturated rings. The lowest BCUT2D eigenvalue weighted by Gasteiger charge is -2.25. The molecule has 0 radical (unpaired) electrons. The number of aliphatic hydroxyl groups excluding tert-OH is 1. The predicted molar refractivity (Wildman–Crippen MR) is 83.9 cm³/mol. The molecule has 106 valence electrons. The summed E-state index contributed by atoms with van der Waals surface area (Å²) in [6, 6.07) is 14.2. The molecule has 0 bridgehead atoms. The second kappa shape index (κ2) is 6.21. The molecule has 0 heterocycles. The van der Waals surface area contributed by atoms with E-state index in [1.165, 1.54) is 5.56 Å². The third-order valence-corrected chi connectivity index (χ3v) is 3.90. The average Bonchev–Trinajstić information content (AvgIpc) is 2.39. The summed E-state index contributed by atoms with van der Waals surface area (Å²) in [5, 5.41) is 10.8. The number of hydrogen-bond donors (Lipinski definition) is 2. The topological polar surface area (TPSA) is 46.2 Å². The Bertz CT molecular complexity index is 554. The van der Waals surface area contributed by atoms with Crippen molar-refractivity contribution in [2.24, 2.45) is 5.73 Å². The number of rotatable bonds is 4. The van der Waals surface area contributed by atoms with E-state index in [0.29, 0.717) is 6.54 Å². The van der Waals surface area contributed by atoms with E-state index >= 15 is 0 Å². The van der Waals surface area contributed by atoms with Crippen molar-refractivity contribution in [3.63, 3.8) is 0 Å². The maximum absolute atomic E-state index is 10.8. The second-order valence-corrected chi connectivity index (χ2v) is 5.51. The smallest absolute Gasteiger partial charge is 0.0875 e. The molecule has 20 heavy (non-hydrogen) atoms. The lowest BCUT2D eigenvalue weighted by Crippen LogP contribution is -2.21. The van der Waals surface area contributed by atoms with Crippen molar-refractivity contribution in [1.29, 1.82) is 0 Å². The van der Waals surface area contributed by atoms with Crippen molar-refractivity contribution in [1.82, 2.24) is 0 Å². The maximum Gasteiger partial charge on any atom is 0.0875 e. The van der Waals surface area contributed by atoms with Crippen LogP contribution in [0, 0.1) is 20.8 Å². The molecule has 0 saturated carbocycles. The SMILES string of the molecule is Cc1cc(C)c([C@H](O)[C@H](CN)c2ccccc2)c(C)c1. The molecule has 2 aromatic carbocycles. The normalized spacial score (nSPS) is 14.1. The number of nitrogens with two attached hydrogens (primary N) is 1. The number of benzene rings is 2. The summed E-state index contributed by atoms with van der Waals surface area (Å²) in [5.74, 6) is -0.0729. The molecule has 0 spiro atoms. The molecule has 3 N–H and O–H groups in total. The van der Waals surface area contributed by atoms with Crippen LogP contribution in [-0.2, 0) is 0 Å². The highest BCUT2D eigenvalue weighted by Gasteiger charge is 2.24. The van der Waals surface area contributed by atoms with Gasteiger partial charge in [-0.25, -0.2) is 0 Å². The van der Waals surface area contributed by atoms with Crippen LogP contribution in [0.4, 0.5) is 0 Å². The van der Waals surface area contributed by atoms with Gasteiger partial charge in [0, 0.05) is 12.5 Å². The number of hydrogen-bond acceptors (Lipinski definition) is 2. The zero-order chi connectivity index (χ0) is 14.7. The van der Waals surface area contributed by atoms with Gasteiger partial charge in [0.2, 0.25) is 0 Å². The van der Waals surface area contributed by atoms with Crippen molar-refractivity contribution < 1.29 is 5.11 Å². The predicted octanol–water partition coefficient (Wildman–Crippen LogP) is 3.39. The summed E-state index contributed by atoms with van der Waals surface area (Å²) in [4.78, 5) is 0. The highest BCUT2D eigenvalue weighted by atomic mass is 16.3. The van der Waals surface area contributed by atoms with Gasteiger partial charge in [-0.2, -0.15) is 0 Å². The summed E-state index contributed by atoms with van der Waals surface area (Å²) in [6.07, 6.45) is -0.567. The summed E-state index contributed by atoms with van der Waals surface area (Å²) in [5.41, 5.74) is 11.5. The Morgan fingerprint density at radius 3 is 2.05 bits per heavy atom. The van der Waals surface area contributed by atoms with E-state index in [1.54, 1.807) is 0 Å². The van der Waals surface area contributed by atoms with Gasteiger partial charge < -0.3 is 10.8 Å². The van der Waals surface area contributed by atoms with Crippen LogP contribution in [0.3, 0.4) is 0 Å². The largest absolute Gasteiger partial charge is 0.388 e. The van der Waals surface area contributed by atoms with Crippen LogP contribution in [0.25, 0.3) is 0 Å². The molecule has 2 atom stereocenters. The number of aliphatic hydroxyl groups is 1. The molecular weight excluding hydrogens is 246 g/mol. The van der Waals surface area contributed by atoms with E-state index in [9.17, 15) is 5.11 Å². The van der Waals surface area contributed by atoms with Crippen molar-refractivity contribution in [2.75, 3.05) is 6.54 Å². The minimum atomic E-state index is -0.567. The van der Waals surface area contributed by atoms with Gasteiger partial charge in [-0.15, -0.1) is 0 Å². The molecule has 2 nitrogen and oxygen atoms in total. The third-order valence-electron chi connectivity index (χ3n) is 3.90. The summed E-state index contributed by atoms with van der Waals surface area (Å²) < 4.78 is 0. The fourth-order valence-electron chi connectivity index (χ4n) is 3.01. The molecule has 0 amide bonds. The Morgan fingerprint density at radius 2 is 1.55 bits per heavy atom. The first-order valence-corrected chi connectivity index (χ1v) is 7.05. The van der Waals surface area contributed by atoms with E-state index in [0.717, 1.165) is 22.3 Å². The van der Waals surface area contributed by atoms with Gasteiger partial charge >= 0.3 is 0 Å². The van der Waals surface area contributed by atoms with Crippen molar-refractivity contribution in [2.45, 2.75) is 32.8 Å².